The predicted octanol–water partition coefficient (Wildman–Crippen LogP) is 2.50. The molecular weight excluding hydrogens is 447 g/mol. The van der Waals surface area contributed by atoms with Gasteiger partial charge in [-0.2, -0.15) is 17.5 Å². The smallest absolute Gasteiger partial charge is 0.416 e. The number of aromatic hydroxyl groups is 1. The van der Waals surface area contributed by atoms with Crippen LogP contribution in [0.1, 0.15) is 11.3 Å². The van der Waals surface area contributed by atoms with Crippen molar-refractivity contribution >= 4 is 10.0 Å². The van der Waals surface area contributed by atoms with Gasteiger partial charge >= 0.3 is 6.18 Å². The molecule has 4 rings (SSSR count). The van der Waals surface area contributed by atoms with E-state index in [9.17, 15) is 26.7 Å². The van der Waals surface area contributed by atoms with Crippen molar-refractivity contribution in [3.05, 3.63) is 65.9 Å². The molecule has 0 saturated carbocycles. The zero-order valence-electron chi connectivity index (χ0n) is 16.8. The van der Waals surface area contributed by atoms with Crippen LogP contribution < -0.4 is 0 Å². The van der Waals surface area contributed by atoms with Crippen LogP contribution in [0.3, 0.4) is 0 Å². The zero-order valence-corrected chi connectivity index (χ0v) is 17.6. The van der Waals surface area contributed by atoms with Crippen LogP contribution in [0.15, 0.2) is 59.5 Å². The van der Waals surface area contributed by atoms with Gasteiger partial charge in [-0.1, -0.05) is 34.6 Å². The molecule has 0 unspecified atom stereocenters. The molecule has 2 heterocycles. The van der Waals surface area contributed by atoms with Gasteiger partial charge in [-0.05, 0) is 30.3 Å². The van der Waals surface area contributed by atoms with Crippen LogP contribution in [0.4, 0.5) is 13.2 Å². The average molecular weight is 467 g/mol. The van der Waals surface area contributed by atoms with E-state index in [-0.39, 0.29) is 30.4 Å². The highest BCUT2D eigenvalue weighted by Gasteiger charge is 2.34. The summed E-state index contributed by atoms with van der Waals surface area (Å²) in [6.07, 6.45) is -4.62. The van der Waals surface area contributed by atoms with E-state index in [1.807, 2.05) is 35.2 Å². The molecule has 1 saturated heterocycles. The van der Waals surface area contributed by atoms with Crippen molar-refractivity contribution in [3.8, 4) is 11.6 Å². The van der Waals surface area contributed by atoms with Crippen LogP contribution in [-0.4, -0.2) is 63.9 Å². The number of rotatable bonds is 5. The number of hydrogen-bond donors (Lipinski definition) is 1. The highest BCUT2D eigenvalue weighted by atomic mass is 32.2. The molecule has 0 atom stereocenters. The van der Waals surface area contributed by atoms with E-state index in [2.05, 4.69) is 10.3 Å². The Morgan fingerprint density at radius 2 is 1.66 bits per heavy atom. The Morgan fingerprint density at radius 1 is 0.969 bits per heavy atom. The number of hydrogen-bond acceptors (Lipinski definition) is 6. The van der Waals surface area contributed by atoms with Gasteiger partial charge in [-0.15, -0.1) is 0 Å². The van der Waals surface area contributed by atoms with E-state index in [0.717, 1.165) is 17.8 Å². The number of benzene rings is 2. The molecule has 1 aliphatic heterocycles. The van der Waals surface area contributed by atoms with Gasteiger partial charge in [0, 0.05) is 32.7 Å². The Morgan fingerprint density at radius 3 is 2.31 bits per heavy atom. The first-order valence-corrected chi connectivity index (χ1v) is 11.2. The van der Waals surface area contributed by atoms with E-state index in [1.165, 1.54) is 15.1 Å². The molecule has 170 valence electrons. The van der Waals surface area contributed by atoms with Gasteiger partial charge in [0.2, 0.25) is 10.0 Å². The monoisotopic (exact) mass is 467 g/mol. The molecule has 1 fully saturated rings. The summed E-state index contributed by atoms with van der Waals surface area (Å²) in [5, 5.41) is 17.8. The summed E-state index contributed by atoms with van der Waals surface area (Å²) in [6, 6.07) is 12.9. The molecule has 0 spiro atoms. The Bertz CT molecular complexity index is 1190. The number of aromatic nitrogens is 3. The van der Waals surface area contributed by atoms with Crippen LogP contribution in [0, 0.1) is 0 Å². The number of alkyl halides is 3. The van der Waals surface area contributed by atoms with E-state index in [0.29, 0.717) is 24.8 Å². The van der Waals surface area contributed by atoms with Crippen LogP contribution >= 0.6 is 0 Å². The van der Waals surface area contributed by atoms with E-state index < -0.39 is 21.8 Å². The molecule has 0 bridgehead atoms. The number of piperazine rings is 1. The second kappa shape index (κ2) is 8.52. The molecular formula is C20H20F3N5O3S. The van der Waals surface area contributed by atoms with Crippen molar-refractivity contribution in [3.63, 3.8) is 0 Å². The topological polar surface area (TPSA) is 91.6 Å². The Kier molecular flexibility index (Phi) is 5.93. The van der Waals surface area contributed by atoms with Crippen LogP contribution in [0.25, 0.3) is 5.69 Å². The van der Waals surface area contributed by atoms with Crippen molar-refractivity contribution in [2.75, 3.05) is 26.2 Å². The summed E-state index contributed by atoms with van der Waals surface area (Å²) < 4.78 is 67.3. The normalized spacial score (nSPS) is 16.3. The summed E-state index contributed by atoms with van der Waals surface area (Å²) in [6.45, 7) is 1.15. The third kappa shape index (κ3) is 4.47. The Labute approximate surface area is 182 Å². The van der Waals surface area contributed by atoms with Gasteiger partial charge in [0.15, 0.2) is 0 Å². The van der Waals surface area contributed by atoms with E-state index in [1.54, 1.807) is 0 Å². The third-order valence-corrected chi connectivity index (χ3v) is 7.14. The number of halogens is 3. The Balaban J connectivity index is 1.46. The summed E-state index contributed by atoms with van der Waals surface area (Å²) in [7, 11) is -4.06. The maximum absolute atomic E-state index is 13.0. The first-order valence-electron chi connectivity index (χ1n) is 9.75. The summed E-state index contributed by atoms with van der Waals surface area (Å²) >= 11 is 0. The lowest BCUT2D eigenvalue weighted by molar-refractivity contribution is -0.137. The van der Waals surface area contributed by atoms with Crippen molar-refractivity contribution in [2.24, 2.45) is 0 Å². The molecule has 2 aromatic carbocycles. The number of sulfonamides is 1. The SMILES string of the molecule is O=S(=O)(c1cccc(C(F)(F)F)c1)N1CCN(Cc2c(O)nnn2-c2ccccc2)CC1. The highest BCUT2D eigenvalue weighted by molar-refractivity contribution is 7.89. The number of para-hydroxylation sites is 1. The largest absolute Gasteiger partial charge is 0.491 e. The van der Waals surface area contributed by atoms with E-state index in [4.69, 9.17) is 0 Å². The second-order valence-electron chi connectivity index (χ2n) is 7.31. The van der Waals surface area contributed by atoms with Crippen molar-refractivity contribution in [1.29, 1.82) is 0 Å². The summed E-state index contributed by atoms with van der Waals surface area (Å²) in [4.78, 5) is 1.54. The fourth-order valence-corrected chi connectivity index (χ4v) is 5.00. The van der Waals surface area contributed by atoms with Crippen molar-refractivity contribution in [1.82, 2.24) is 24.2 Å². The van der Waals surface area contributed by atoms with Gasteiger partial charge in [-0.3, -0.25) is 4.90 Å². The minimum absolute atomic E-state index is 0.103. The number of nitrogens with zero attached hydrogens (tertiary/aromatic N) is 5. The lowest BCUT2D eigenvalue weighted by Crippen LogP contribution is -2.48. The lowest BCUT2D eigenvalue weighted by atomic mass is 10.2. The van der Waals surface area contributed by atoms with Crippen molar-refractivity contribution in [2.45, 2.75) is 17.6 Å². The van der Waals surface area contributed by atoms with Gasteiger partial charge in [0.05, 0.1) is 16.1 Å². The maximum Gasteiger partial charge on any atom is 0.416 e. The lowest BCUT2D eigenvalue weighted by Gasteiger charge is -2.33. The van der Waals surface area contributed by atoms with Crippen LogP contribution in [0.5, 0.6) is 5.88 Å². The van der Waals surface area contributed by atoms with Gasteiger partial charge in [0.25, 0.3) is 5.88 Å². The predicted molar refractivity (Wildman–Crippen MR) is 109 cm³/mol. The minimum Gasteiger partial charge on any atom is -0.491 e. The van der Waals surface area contributed by atoms with Crippen LogP contribution in [0.2, 0.25) is 0 Å². The highest BCUT2D eigenvalue weighted by Crippen LogP contribution is 2.31. The quantitative estimate of drug-likeness (QED) is 0.620. The summed E-state index contributed by atoms with van der Waals surface area (Å²) in [5.41, 5.74) is 0.181. The molecule has 32 heavy (non-hydrogen) atoms. The first-order chi connectivity index (χ1) is 15.2. The fraction of sp³-hybridized carbons (Fsp3) is 0.300. The van der Waals surface area contributed by atoms with Gasteiger partial charge in [-0.25, -0.2) is 13.1 Å². The second-order valence-corrected chi connectivity index (χ2v) is 9.25. The molecule has 0 aliphatic carbocycles. The van der Waals surface area contributed by atoms with Gasteiger partial charge in [0.1, 0.15) is 5.69 Å². The van der Waals surface area contributed by atoms with Crippen LogP contribution in [-0.2, 0) is 22.7 Å². The third-order valence-electron chi connectivity index (χ3n) is 5.25. The van der Waals surface area contributed by atoms with Crippen molar-refractivity contribution < 1.29 is 26.7 Å². The molecule has 0 amide bonds. The average Bonchev–Trinajstić information content (AvgIpc) is 3.14. The Hall–Kier alpha value is -2.96. The fourth-order valence-electron chi connectivity index (χ4n) is 3.53. The molecule has 8 nitrogen and oxygen atoms in total. The van der Waals surface area contributed by atoms with Gasteiger partial charge < -0.3 is 5.11 Å². The molecule has 0 radical (unpaired) electrons. The molecule has 12 heteroatoms. The zero-order chi connectivity index (χ0) is 22.9. The molecule has 1 N–H and O–H groups in total. The van der Waals surface area contributed by atoms with E-state index >= 15 is 0 Å². The standard InChI is InChI=1S/C20H20F3N5O3S/c21-20(22,23)15-5-4-8-17(13-15)32(30,31)27-11-9-26(10-12-27)14-18-19(29)24-25-28(18)16-6-2-1-3-7-16/h1-8,13,29H,9-12,14H2. The maximum atomic E-state index is 13.0. The minimum atomic E-state index is -4.62. The molecule has 1 aromatic heterocycles. The molecule has 3 aromatic rings. The first kappa shape index (κ1) is 22.2. The molecule has 1 aliphatic rings. The summed E-state index contributed by atoms with van der Waals surface area (Å²) in [5.74, 6) is -0.215.